The van der Waals surface area contributed by atoms with Gasteiger partial charge in [-0.1, -0.05) is 24.3 Å². The number of carbonyl (C=O) groups is 1. The van der Waals surface area contributed by atoms with Gasteiger partial charge in [-0.05, 0) is 18.1 Å². The maximum Gasteiger partial charge on any atom is 0.272 e. The standard InChI is InChI=1S/C17H22N4O2/c1-13-5-3-4-6-14(13)12-20-7-9-21(10-8-20)17(23)15-11-16(22)19(2)18-15/h3-6,11,18H,7-10,12H2,1-2H3. The summed E-state index contributed by atoms with van der Waals surface area (Å²) in [6.45, 7) is 6.09. The highest BCUT2D eigenvalue weighted by Crippen LogP contribution is 2.13. The summed E-state index contributed by atoms with van der Waals surface area (Å²) >= 11 is 0. The van der Waals surface area contributed by atoms with E-state index in [2.05, 4.69) is 41.2 Å². The molecule has 1 saturated heterocycles. The molecule has 0 atom stereocenters. The van der Waals surface area contributed by atoms with Crippen molar-refractivity contribution in [3.8, 4) is 0 Å². The average molecular weight is 314 g/mol. The van der Waals surface area contributed by atoms with Gasteiger partial charge < -0.3 is 4.90 Å². The Morgan fingerprint density at radius 2 is 1.87 bits per heavy atom. The van der Waals surface area contributed by atoms with E-state index in [4.69, 9.17) is 0 Å². The molecular formula is C17H22N4O2. The number of nitrogens with one attached hydrogen (secondary N) is 1. The Kier molecular flexibility index (Phi) is 4.34. The lowest BCUT2D eigenvalue weighted by molar-refractivity contribution is 0.0621. The predicted molar refractivity (Wildman–Crippen MR) is 88.4 cm³/mol. The highest BCUT2D eigenvalue weighted by atomic mass is 16.2. The van der Waals surface area contributed by atoms with Crippen molar-refractivity contribution in [1.82, 2.24) is 19.6 Å². The zero-order chi connectivity index (χ0) is 16.4. The Morgan fingerprint density at radius 3 is 2.48 bits per heavy atom. The molecule has 1 N–H and O–H groups in total. The SMILES string of the molecule is Cc1ccccc1CN1CCN(C(=O)c2cc(=O)n(C)[nH]2)CC1. The molecule has 1 aliphatic rings. The van der Waals surface area contributed by atoms with Crippen LogP contribution < -0.4 is 5.56 Å². The van der Waals surface area contributed by atoms with Crippen LogP contribution in [0.5, 0.6) is 0 Å². The van der Waals surface area contributed by atoms with Crippen molar-refractivity contribution in [2.75, 3.05) is 26.2 Å². The van der Waals surface area contributed by atoms with Gasteiger partial charge in [0, 0.05) is 45.8 Å². The number of aromatic amines is 1. The molecule has 122 valence electrons. The molecule has 0 unspecified atom stereocenters. The number of hydrogen-bond acceptors (Lipinski definition) is 3. The number of benzene rings is 1. The molecule has 0 aliphatic carbocycles. The Morgan fingerprint density at radius 1 is 1.17 bits per heavy atom. The number of rotatable bonds is 3. The number of aromatic nitrogens is 2. The van der Waals surface area contributed by atoms with Gasteiger partial charge in [0.25, 0.3) is 11.5 Å². The molecule has 0 bridgehead atoms. The van der Waals surface area contributed by atoms with Crippen LogP contribution in [0.25, 0.3) is 0 Å². The van der Waals surface area contributed by atoms with E-state index in [1.807, 2.05) is 0 Å². The number of carbonyl (C=O) groups excluding carboxylic acids is 1. The van der Waals surface area contributed by atoms with Crippen molar-refractivity contribution in [2.45, 2.75) is 13.5 Å². The van der Waals surface area contributed by atoms with E-state index in [1.54, 1.807) is 11.9 Å². The molecule has 0 radical (unpaired) electrons. The highest BCUT2D eigenvalue weighted by molar-refractivity contribution is 5.92. The zero-order valence-electron chi connectivity index (χ0n) is 13.6. The van der Waals surface area contributed by atoms with Crippen LogP contribution in [0, 0.1) is 6.92 Å². The Labute approximate surface area is 135 Å². The fourth-order valence-electron chi connectivity index (χ4n) is 2.91. The lowest BCUT2D eigenvalue weighted by Crippen LogP contribution is -2.48. The molecule has 3 rings (SSSR count). The summed E-state index contributed by atoms with van der Waals surface area (Å²) < 4.78 is 1.32. The lowest BCUT2D eigenvalue weighted by Gasteiger charge is -2.34. The van der Waals surface area contributed by atoms with Crippen LogP contribution in [0.2, 0.25) is 0 Å². The molecule has 6 heteroatoms. The number of nitrogens with zero attached hydrogens (tertiary/aromatic N) is 3. The summed E-state index contributed by atoms with van der Waals surface area (Å²) in [5.41, 5.74) is 2.81. The second-order valence-electron chi connectivity index (χ2n) is 6.06. The predicted octanol–water partition coefficient (Wildman–Crippen LogP) is 0.980. The fraction of sp³-hybridized carbons (Fsp3) is 0.412. The van der Waals surface area contributed by atoms with Crippen molar-refractivity contribution in [1.29, 1.82) is 0 Å². The van der Waals surface area contributed by atoms with E-state index in [1.165, 1.54) is 21.9 Å². The molecule has 1 amide bonds. The molecular weight excluding hydrogens is 292 g/mol. The third-order valence-corrected chi connectivity index (χ3v) is 4.43. The van der Waals surface area contributed by atoms with Crippen LogP contribution in [-0.4, -0.2) is 51.7 Å². The molecule has 1 aromatic heterocycles. The second kappa shape index (κ2) is 6.42. The van der Waals surface area contributed by atoms with Crippen LogP contribution in [0.1, 0.15) is 21.6 Å². The smallest absolute Gasteiger partial charge is 0.272 e. The molecule has 0 spiro atoms. The first-order valence-electron chi connectivity index (χ1n) is 7.87. The van der Waals surface area contributed by atoms with Gasteiger partial charge in [-0.25, -0.2) is 0 Å². The molecule has 1 fully saturated rings. The number of piperazine rings is 1. The van der Waals surface area contributed by atoms with Crippen molar-refractivity contribution < 1.29 is 4.79 Å². The topological polar surface area (TPSA) is 61.3 Å². The summed E-state index contributed by atoms with van der Waals surface area (Å²) in [6.07, 6.45) is 0. The third kappa shape index (κ3) is 3.37. The second-order valence-corrected chi connectivity index (χ2v) is 6.06. The summed E-state index contributed by atoms with van der Waals surface area (Å²) in [6, 6.07) is 9.76. The number of aryl methyl sites for hydroxylation is 2. The quantitative estimate of drug-likeness (QED) is 0.919. The van der Waals surface area contributed by atoms with Gasteiger partial charge in [0.1, 0.15) is 5.69 Å². The number of hydrogen-bond donors (Lipinski definition) is 1. The molecule has 1 aliphatic heterocycles. The van der Waals surface area contributed by atoms with Crippen LogP contribution in [0.15, 0.2) is 35.1 Å². The summed E-state index contributed by atoms with van der Waals surface area (Å²) in [4.78, 5) is 28.0. The maximum absolute atomic E-state index is 12.4. The normalized spacial score (nSPS) is 15.8. The largest absolute Gasteiger partial charge is 0.335 e. The minimum absolute atomic E-state index is 0.0989. The van der Waals surface area contributed by atoms with Gasteiger partial charge in [0.05, 0.1) is 0 Å². The Balaban J connectivity index is 1.59. The fourth-order valence-corrected chi connectivity index (χ4v) is 2.91. The van der Waals surface area contributed by atoms with E-state index in [0.29, 0.717) is 18.8 Å². The van der Waals surface area contributed by atoms with E-state index in [9.17, 15) is 9.59 Å². The van der Waals surface area contributed by atoms with Gasteiger partial charge in [-0.15, -0.1) is 0 Å². The molecule has 23 heavy (non-hydrogen) atoms. The molecule has 2 heterocycles. The zero-order valence-corrected chi connectivity index (χ0v) is 13.6. The first-order valence-corrected chi connectivity index (χ1v) is 7.87. The minimum atomic E-state index is -0.188. The lowest BCUT2D eigenvalue weighted by atomic mass is 10.1. The van der Waals surface area contributed by atoms with Gasteiger partial charge in [-0.3, -0.25) is 24.3 Å². The van der Waals surface area contributed by atoms with Crippen molar-refractivity contribution >= 4 is 5.91 Å². The third-order valence-electron chi connectivity index (χ3n) is 4.43. The van der Waals surface area contributed by atoms with Crippen molar-refractivity contribution in [3.63, 3.8) is 0 Å². The first kappa shape index (κ1) is 15.6. The van der Waals surface area contributed by atoms with E-state index in [0.717, 1.165) is 19.6 Å². The van der Waals surface area contributed by atoms with E-state index < -0.39 is 0 Å². The summed E-state index contributed by atoms with van der Waals surface area (Å²) in [5.74, 6) is -0.0989. The van der Waals surface area contributed by atoms with E-state index >= 15 is 0 Å². The van der Waals surface area contributed by atoms with Crippen LogP contribution >= 0.6 is 0 Å². The van der Waals surface area contributed by atoms with Gasteiger partial charge in [0.2, 0.25) is 0 Å². The minimum Gasteiger partial charge on any atom is -0.335 e. The Hall–Kier alpha value is -2.34. The van der Waals surface area contributed by atoms with E-state index in [-0.39, 0.29) is 11.5 Å². The molecule has 1 aromatic carbocycles. The summed E-state index contributed by atoms with van der Waals surface area (Å²) in [5, 5.41) is 2.80. The maximum atomic E-state index is 12.4. The van der Waals surface area contributed by atoms with Crippen molar-refractivity contribution in [3.05, 3.63) is 57.5 Å². The summed E-state index contributed by atoms with van der Waals surface area (Å²) in [7, 11) is 1.61. The highest BCUT2D eigenvalue weighted by Gasteiger charge is 2.23. The van der Waals surface area contributed by atoms with Crippen molar-refractivity contribution in [2.24, 2.45) is 7.05 Å². The average Bonchev–Trinajstić information content (AvgIpc) is 2.89. The van der Waals surface area contributed by atoms with Crippen LogP contribution in [0.4, 0.5) is 0 Å². The Bertz CT molecular complexity index is 754. The monoisotopic (exact) mass is 314 g/mol. The van der Waals surface area contributed by atoms with Crippen LogP contribution in [-0.2, 0) is 13.6 Å². The number of H-pyrrole nitrogens is 1. The number of amides is 1. The molecule has 2 aromatic rings. The molecule has 0 saturated carbocycles. The van der Waals surface area contributed by atoms with Crippen LogP contribution in [0.3, 0.4) is 0 Å². The van der Waals surface area contributed by atoms with Gasteiger partial charge in [-0.2, -0.15) is 0 Å². The van der Waals surface area contributed by atoms with Gasteiger partial charge >= 0.3 is 0 Å². The molecule has 6 nitrogen and oxygen atoms in total. The van der Waals surface area contributed by atoms with Gasteiger partial charge in [0.15, 0.2) is 0 Å². The first-order chi connectivity index (χ1) is 11.0.